The van der Waals surface area contributed by atoms with Crippen LogP contribution in [0.15, 0.2) is 59.1 Å². The van der Waals surface area contributed by atoms with Crippen LogP contribution < -0.4 is 4.90 Å². The van der Waals surface area contributed by atoms with Gasteiger partial charge >= 0.3 is 5.97 Å². The van der Waals surface area contributed by atoms with E-state index in [1.807, 2.05) is 26.0 Å². The van der Waals surface area contributed by atoms with Crippen LogP contribution in [0.5, 0.6) is 0 Å². The van der Waals surface area contributed by atoms with Gasteiger partial charge in [0.15, 0.2) is 11.6 Å². The molecule has 248 valence electrons. The van der Waals surface area contributed by atoms with E-state index in [1.54, 1.807) is 18.0 Å². The number of aromatic amines is 2. The van der Waals surface area contributed by atoms with Gasteiger partial charge in [0.05, 0.1) is 24.5 Å². The maximum atomic E-state index is 10.6. The first-order valence-corrected chi connectivity index (χ1v) is 17.2. The second-order valence-electron chi connectivity index (χ2n) is 9.28. The first-order valence-electron chi connectivity index (χ1n) is 15.2. The summed E-state index contributed by atoms with van der Waals surface area (Å²) < 4.78 is 7.65. The lowest BCUT2D eigenvalue weighted by atomic mass is 10.2. The van der Waals surface area contributed by atoms with Gasteiger partial charge < -0.3 is 24.4 Å². The number of para-hydroxylation sites is 1. The highest BCUT2D eigenvalue weighted by Crippen LogP contribution is 2.30. The van der Waals surface area contributed by atoms with Gasteiger partial charge in [-0.1, -0.05) is 69.4 Å². The molecule has 0 bridgehead atoms. The number of ether oxygens (including phenoxy) is 1. The Kier molecular flexibility index (Phi) is 15.5. The number of thioether (sulfide) groups is 2. The van der Waals surface area contributed by atoms with Crippen molar-refractivity contribution in [1.82, 2.24) is 39.9 Å². The van der Waals surface area contributed by atoms with Crippen LogP contribution in [-0.4, -0.2) is 101 Å². The van der Waals surface area contributed by atoms with Gasteiger partial charge in [-0.15, -0.1) is 10.2 Å². The molecule has 5 aromatic rings. The number of aromatic nitrogens is 8. The molecule has 0 aliphatic carbocycles. The molecule has 1 aromatic carbocycles. The topological polar surface area (TPSA) is 171 Å². The van der Waals surface area contributed by atoms with Crippen molar-refractivity contribution in [2.45, 2.75) is 51.0 Å². The predicted molar refractivity (Wildman–Crippen MR) is 184 cm³/mol. The lowest BCUT2D eigenvalue weighted by molar-refractivity contribution is -0.133. The Morgan fingerprint density at radius 2 is 1.59 bits per heavy atom. The largest absolute Gasteiger partial charge is 0.481 e. The van der Waals surface area contributed by atoms with Crippen molar-refractivity contribution in [2.24, 2.45) is 0 Å². The van der Waals surface area contributed by atoms with E-state index in [4.69, 9.17) is 14.9 Å². The summed E-state index contributed by atoms with van der Waals surface area (Å²) in [5.74, 6) is 2.29. The minimum absolute atomic E-state index is 0.0688. The average molecular weight is 670 g/mol. The summed E-state index contributed by atoms with van der Waals surface area (Å²) in [7, 11) is 1.00. The lowest BCUT2D eigenvalue weighted by Crippen LogP contribution is -2.37. The molecule has 0 atom stereocenters. The number of rotatable bonds is 10. The van der Waals surface area contributed by atoms with Crippen molar-refractivity contribution >= 4 is 46.2 Å². The van der Waals surface area contributed by atoms with Crippen molar-refractivity contribution in [1.29, 1.82) is 0 Å². The molecule has 1 saturated heterocycles. The summed E-state index contributed by atoms with van der Waals surface area (Å²) in [5.41, 5.74) is 3.23. The number of benzene rings is 1. The highest BCUT2D eigenvalue weighted by molar-refractivity contribution is 7.99. The molecule has 13 nitrogen and oxygen atoms in total. The summed E-state index contributed by atoms with van der Waals surface area (Å²) >= 11 is 2.73. The summed E-state index contributed by atoms with van der Waals surface area (Å²) in [5, 5.41) is 32.4. The SMILES string of the molecule is CC.CCCn1cc(-c2nc(SCC)n[nH]2)c2ccccc21.CO.O=C(O)CSc1n[nH]c(-c2cccnc2N2CCOCC2)n1. The number of carbonyl (C=O) groups is 1. The molecule has 1 fully saturated rings. The van der Waals surface area contributed by atoms with Crippen LogP contribution in [0.2, 0.25) is 0 Å². The standard InChI is InChI=1S/C15H18N4S.C13H15N5O3S.C2H6.CH4O/c1-3-9-19-10-12(11-7-5-6-8-13(11)19)14-16-15(18-17-14)20-4-2;19-10(20)8-22-13-15-11(16-17-13)9-2-1-3-14-12(9)18-4-6-21-7-5-18;2*1-2/h5-8,10H,3-4,9H2,1-2H3,(H,16,17,18);1-3H,4-8H2,(H,19,20)(H,15,16,17);1-2H3;2H,1H3. The molecule has 0 spiro atoms. The molecule has 0 unspecified atom stereocenters. The minimum Gasteiger partial charge on any atom is -0.481 e. The number of pyridine rings is 1. The molecule has 6 rings (SSSR count). The number of H-pyrrole nitrogens is 2. The number of anilines is 1. The zero-order valence-corrected chi connectivity index (χ0v) is 28.6. The summed E-state index contributed by atoms with van der Waals surface area (Å²) in [6.45, 7) is 12.2. The molecule has 0 amide bonds. The van der Waals surface area contributed by atoms with Crippen LogP contribution in [-0.2, 0) is 16.1 Å². The second kappa shape index (κ2) is 19.6. The molecular weight excluding hydrogens is 627 g/mol. The van der Waals surface area contributed by atoms with Gasteiger partial charge in [-0.3, -0.25) is 15.0 Å². The van der Waals surface area contributed by atoms with E-state index in [-0.39, 0.29) is 5.75 Å². The van der Waals surface area contributed by atoms with Crippen LogP contribution in [0, 0.1) is 0 Å². The summed E-state index contributed by atoms with van der Waals surface area (Å²) in [6.07, 6.45) is 5.03. The van der Waals surface area contributed by atoms with Crippen LogP contribution in [0.4, 0.5) is 5.82 Å². The average Bonchev–Trinajstić information content (AvgIpc) is 3.86. The van der Waals surface area contributed by atoms with Gasteiger partial charge in [-0.2, -0.15) is 0 Å². The van der Waals surface area contributed by atoms with E-state index >= 15 is 0 Å². The molecule has 0 radical (unpaired) electrons. The molecule has 1 aliphatic rings. The number of hydrogen-bond acceptors (Lipinski definition) is 11. The van der Waals surface area contributed by atoms with Crippen molar-refractivity contribution < 1.29 is 19.7 Å². The molecule has 5 heterocycles. The van der Waals surface area contributed by atoms with Crippen LogP contribution in [0.1, 0.15) is 34.1 Å². The van der Waals surface area contributed by atoms with E-state index in [9.17, 15) is 4.79 Å². The number of hydrogen-bond donors (Lipinski definition) is 4. The normalized spacial score (nSPS) is 12.3. The smallest absolute Gasteiger partial charge is 0.313 e. The van der Waals surface area contributed by atoms with Crippen molar-refractivity contribution in [3.63, 3.8) is 0 Å². The third-order valence-corrected chi connectivity index (χ3v) is 7.95. The third-order valence-electron chi connectivity index (χ3n) is 6.39. The van der Waals surface area contributed by atoms with Gasteiger partial charge in [-0.25, -0.2) is 15.0 Å². The number of aliphatic hydroxyl groups is 1. The molecule has 15 heteroatoms. The van der Waals surface area contributed by atoms with Gasteiger partial charge in [0.2, 0.25) is 10.3 Å². The molecule has 0 saturated carbocycles. The number of nitrogens with one attached hydrogen (secondary N) is 2. The van der Waals surface area contributed by atoms with E-state index in [2.05, 4.69) is 89.1 Å². The first-order chi connectivity index (χ1) is 22.6. The Labute approximate surface area is 277 Å². The molecular formula is C31H43N9O4S2. The van der Waals surface area contributed by atoms with Crippen molar-refractivity contribution in [3.8, 4) is 22.8 Å². The fourth-order valence-corrected chi connectivity index (χ4v) is 5.63. The fraction of sp³-hybridized carbons (Fsp3) is 0.419. The number of fused-ring (bicyclic) bond motifs is 1. The van der Waals surface area contributed by atoms with Gasteiger partial charge in [0.25, 0.3) is 0 Å². The predicted octanol–water partition coefficient (Wildman–Crippen LogP) is 5.46. The van der Waals surface area contributed by atoms with Crippen molar-refractivity contribution in [3.05, 3.63) is 48.8 Å². The van der Waals surface area contributed by atoms with Crippen LogP contribution >= 0.6 is 23.5 Å². The van der Waals surface area contributed by atoms with Crippen molar-refractivity contribution in [2.75, 3.05) is 49.8 Å². The Morgan fingerprint density at radius 1 is 0.935 bits per heavy atom. The Hall–Kier alpha value is -3.92. The number of carboxylic acid groups (broad SMARTS) is 1. The number of aliphatic hydroxyl groups excluding tert-OH is 1. The highest BCUT2D eigenvalue weighted by Gasteiger charge is 2.19. The van der Waals surface area contributed by atoms with Crippen LogP contribution in [0.3, 0.4) is 0 Å². The number of nitrogens with zero attached hydrogens (tertiary/aromatic N) is 7. The first kappa shape index (κ1) is 36.5. The maximum absolute atomic E-state index is 10.6. The van der Waals surface area contributed by atoms with E-state index in [1.165, 1.54) is 10.9 Å². The summed E-state index contributed by atoms with van der Waals surface area (Å²) in [4.78, 5) is 26.1. The Morgan fingerprint density at radius 3 is 2.24 bits per heavy atom. The highest BCUT2D eigenvalue weighted by atomic mass is 32.2. The van der Waals surface area contributed by atoms with E-state index in [0.29, 0.717) is 24.2 Å². The van der Waals surface area contributed by atoms with E-state index < -0.39 is 5.97 Å². The zero-order chi connectivity index (χ0) is 33.3. The van der Waals surface area contributed by atoms with Gasteiger partial charge in [0.1, 0.15) is 5.82 Å². The minimum atomic E-state index is -0.897. The molecule has 4 N–H and O–H groups in total. The lowest BCUT2D eigenvalue weighted by Gasteiger charge is -2.28. The Bertz CT molecular complexity index is 1620. The molecule has 46 heavy (non-hydrogen) atoms. The Balaban J connectivity index is 0.000000227. The number of carboxylic acids is 1. The van der Waals surface area contributed by atoms with E-state index in [0.717, 1.165) is 78.6 Å². The number of morpholine rings is 1. The van der Waals surface area contributed by atoms with Gasteiger partial charge in [0, 0.05) is 55.6 Å². The number of aliphatic carboxylic acids is 1. The maximum Gasteiger partial charge on any atom is 0.313 e. The second-order valence-corrected chi connectivity index (χ2v) is 11.4. The molecule has 4 aromatic heterocycles. The monoisotopic (exact) mass is 669 g/mol. The molecule has 1 aliphatic heterocycles. The zero-order valence-electron chi connectivity index (χ0n) is 26.9. The third kappa shape index (κ3) is 9.79. The summed E-state index contributed by atoms with van der Waals surface area (Å²) in [6, 6.07) is 12.2. The van der Waals surface area contributed by atoms with Gasteiger partial charge in [-0.05, 0) is 30.4 Å². The fourth-order valence-electron chi connectivity index (χ4n) is 4.59. The quantitative estimate of drug-likeness (QED) is 0.139. The van der Waals surface area contributed by atoms with Crippen LogP contribution in [0.25, 0.3) is 33.7 Å². The number of aryl methyl sites for hydroxylation is 1.